The largest absolute Gasteiger partial charge is 0.479 e. The summed E-state index contributed by atoms with van der Waals surface area (Å²) >= 11 is 0. The highest BCUT2D eigenvalue weighted by Crippen LogP contribution is 2.30. The van der Waals surface area contributed by atoms with Crippen LogP contribution in [0.25, 0.3) is 0 Å². The summed E-state index contributed by atoms with van der Waals surface area (Å²) in [5, 5.41) is 22.3. The van der Waals surface area contributed by atoms with Gasteiger partial charge in [0.05, 0.1) is 11.6 Å². The Morgan fingerprint density at radius 2 is 1.88 bits per heavy atom. The fourth-order valence-corrected chi connectivity index (χ4v) is 2.34. The van der Waals surface area contributed by atoms with Crippen molar-refractivity contribution in [3.63, 3.8) is 0 Å². The third-order valence-electron chi connectivity index (χ3n) is 3.45. The molecule has 2 aromatic rings. The van der Waals surface area contributed by atoms with Gasteiger partial charge in [0.25, 0.3) is 0 Å². The van der Waals surface area contributed by atoms with Gasteiger partial charge in [0.1, 0.15) is 0 Å². The van der Waals surface area contributed by atoms with Crippen molar-refractivity contribution < 1.29 is 14.6 Å². The number of aliphatic carboxylic acids is 1. The number of tetrazole rings is 1. The fraction of sp³-hybridized carbons (Fsp3) is 0.529. The van der Waals surface area contributed by atoms with Crippen molar-refractivity contribution in [2.75, 3.05) is 0 Å². The van der Waals surface area contributed by atoms with E-state index in [9.17, 15) is 9.90 Å². The van der Waals surface area contributed by atoms with Crippen LogP contribution in [0.2, 0.25) is 0 Å². The number of hydrogen-bond acceptors (Lipinski definition) is 5. The lowest BCUT2D eigenvalue weighted by Gasteiger charge is -2.29. The molecule has 0 aliphatic rings. The molecule has 0 saturated heterocycles. The molecular weight excluding hydrogens is 308 g/mol. The zero-order valence-corrected chi connectivity index (χ0v) is 14.7. The first-order valence-corrected chi connectivity index (χ1v) is 7.91. The summed E-state index contributed by atoms with van der Waals surface area (Å²) in [6.45, 7) is 9.33. The van der Waals surface area contributed by atoms with E-state index in [-0.39, 0.29) is 18.3 Å². The molecule has 0 radical (unpaired) electrons. The number of hydrogen-bond donors (Lipinski definition) is 1. The molecule has 0 saturated carbocycles. The quantitative estimate of drug-likeness (QED) is 0.873. The van der Waals surface area contributed by atoms with Crippen LogP contribution in [0.1, 0.15) is 46.0 Å². The number of carboxylic acids is 1. The summed E-state index contributed by atoms with van der Waals surface area (Å²) in [5.74, 6) is -1.07. The molecule has 0 amide bonds. The van der Waals surface area contributed by atoms with E-state index in [4.69, 9.17) is 4.74 Å². The topological polar surface area (TPSA) is 90.1 Å². The highest BCUT2D eigenvalue weighted by Gasteiger charge is 2.47. The van der Waals surface area contributed by atoms with Crippen LogP contribution in [-0.4, -0.2) is 37.4 Å². The highest BCUT2D eigenvalue weighted by molar-refractivity contribution is 5.78. The third-order valence-corrected chi connectivity index (χ3v) is 3.45. The average molecular weight is 332 g/mol. The van der Waals surface area contributed by atoms with Gasteiger partial charge in [-0.15, -0.1) is 10.2 Å². The Labute approximate surface area is 141 Å². The first kappa shape index (κ1) is 18.1. The van der Waals surface area contributed by atoms with E-state index in [1.54, 1.807) is 13.8 Å². The lowest BCUT2D eigenvalue weighted by Crippen LogP contribution is -2.44. The molecule has 130 valence electrons. The molecule has 1 aromatic carbocycles. The van der Waals surface area contributed by atoms with E-state index in [1.807, 2.05) is 51.1 Å². The van der Waals surface area contributed by atoms with Crippen molar-refractivity contribution in [1.29, 1.82) is 0 Å². The number of nitrogens with zero attached hydrogens (tertiary/aromatic N) is 4. The van der Waals surface area contributed by atoms with Crippen LogP contribution >= 0.6 is 0 Å². The summed E-state index contributed by atoms with van der Waals surface area (Å²) in [6.07, 6.45) is -0.191. The second kappa shape index (κ2) is 6.68. The summed E-state index contributed by atoms with van der Waals surface area (Å²) in [4.78, 5) is 13.6. The highest BCUT2D eigenvalue weighted by atomic mass is 16.5. The first-order chi connectivity index (χ1) is 11.1. The molecule has 2 rings (SSSR count). The van der Waals surface area contributed by atoms with Crippen LogP contribution in [0.3, 0.4) is 0 Å². The lowest BCUT2D eigenvalue weighted by molar-refractivity contribution is -0.175. The summed E-state index contributed by atoms with van der Waals surface area (Å²) in [7, 11) is 0. The van der Waals surface area contributed by atoms with Gasteiger partial charge in [0.15, 0.2) is 0 Å². The van der Waals surface area contributed by atoms with Crippen molar-refractivity contribution in [3.05, 3.63) is 41.7 Å². The van der Waals surface area contributed by atoms with Crippen LogP contribution in [0.15, 0.2) is 30.3 Å². The molecule has 7 heteroatoms. The fourth-order valence-electron chi connectivity index (χ4n) is 2.34. The van der Waals surface area contributed by atoms with E-state index in [0.717, 1.165) is 5.56 Å². The molecule has 1 atom stereocenters. The van der Waals surface area contributed by atoms with Gasteiger partial charge < -0.3 is 9.84 Å². The number of carbonyl (C=O) groups is 1. The van der Waals surface area contributed by atoms with Crippen molar-refractivity contribution >= 4 is 5.97 Å². The summed E-state index contributed by atoms with van der Waals surface area (Å²) in [5.41, 5.74) is -1.26. The number of carboxylic acid groups (broad SMARTS) is 1. The Kier molecular flexibility index (Phi) is 5.03. The smallest absolute Gasteiger partial charge is 0.344 e. The molecular formula is C17H24N4O3. The van der Waals surface area contributed by atoms with Crippen LogP contribution in [0.4, 0.5) is 0 Å². The Morgan fingerprint density at radius 3 is 2.33 bits per heavy atom. The lowest BCUT2D eigenvalue weighted by atomic mass is 9.93. The van der Waals surface area contributed by atoms with E-state index in [0.29, 0.717) is 0 Å². The Bertz CT molecular complexity index is 691. The molecule has 0 bridgehead atoms. The predicted molar refractivity (Wildman–Crippen MR) is 88.5 cm³/mol. The molecule has 0 spiro atoms. The van der Waals surface area contributed by atoms with Gasteiger partial charge in [-0.05, 0) is 45.4 Å². The van der Waals surface area contributed by atoms with Gasteiger partial charge in [-0.1, -0.05) is 30.3 Å². The second-order valence-electron chi connectivity index (χ2n) is 7.03. The molecule has 1 N–H and O–H groups in total. The van der Waals surface area contributed by atoms with Crippen molar-refractivity contribution in [2.45, 2.75) is 58.3 Å². The Morgan fingerprint density at radius 1 is 1.25 bits per heavy atom. The van der Waals surface area contributed by atoms with Crippen molar-refractivity contribution in [3.8, 4) is 0 Å². The number of benzene rings is 1. The van der Waals surface area contributed by atoms with Crippen LogP contribution in [0.5, 0.6) is 0 Å². The minimum atomic E-state index is -1.68. The average Bonchev–Trinajstić information content (AvgIpc) is 2.97. The maximum atomic E-state index is 12.2. The predicted octanol–water partition coefficient (Wildman–Crippen LogP) is 2.38. The summed E-state index contributed by atoms with van der Waals surface area (Å²) < 4.78 is 5.84. The normalized spacial score (nSPS) is 14.6. The minimum absolute atomic E-state index is 0.0579. The third kappa shape index (κ3) is 3.79. The van der Waals surface area contributed by atoms with Crippen LogP contribution in [0, 0.1) is 0 Å². The Balaban J connectivity index is 2.52. The minimum Gasteiger partial charge on any atom is -0.479 e. The van der Waals surface area contributed by atoms with Gasteiger partial charge in [-0.2, -0.15) is 4.80 Å². The maximum absolute atomic E-state index is 12.2. The van der Waals surface area contributed by atoms with Gasteiger partial charge in [0.2, 0.25) is 11.4 Å². The molecule has 1 heterocycles. The van der Waals surface area contributed by atoms with E-state index >= 15 is 0 Å². The van der Waals surface area contributed by atoms with E-state index in [1.165, 1.54) is 4.80 Å². The molecule has 0 aliphatic heterocycles. The van der Waals surface area contributed by atoms with Gasteiger partial charge in [0, 0.05) is 6.42 Å². The van der Waals surface area contributed by atoms with Gasteiger partial charge in [-0.3, -0.25) is 0 Å². The van der Waals surface area contributed by atoms with Crippen LogP contribution in [-0.2, 0) is 27.1 Å². The molecule has 7 nitrogen and oxygen atoms in total. The zero-order valence-electron chi connectivity index (χ0n) is 14.7. The number of ether oxygens (including phenoxy) is 1. The second-order valence-corrected chi connectivity index (χ2v) is 7.03. The molecule has 24 heavy (non-hydrogen) atoms. The number of aromatic nitrogens is 4. The molecule has 1 unspecified atom stereocenters. The summed E-state index contributed by atoms with van der Waals surface area (Å²) in [6, 6.07) is 9.31. The van der Waals surface area contributed by atoms with Crippen LogP contribution < -0.4 is 0 Å². The standard InChI is InChI=1S/C17H24N4O3/c1-12(2)24-17(15(22)23,11-13-9-7-6-8-10-13)14-18-20-21(19-14)16(3,4)5/h6-10,12H,11H2,1-5H3,(H,22,23). The monoisotopic (exact) mass is 332 g/mol. The van der Waals surface area contributed by atoms with Gasteiger partial charge >= 0.3 is 5.97 Å². The maximum Gasteiger partial charge on any atom is 0.344 e. The van der Waals surface area contributed by atoms with Crippen molar-refractivity contribution in [2.24, 2.45) is 0 Å². The molecule has 1 aromatic heterocycles. The van der Waals surface area contributed by atoms with Gasteiger partial charge in [-0.25, -0.2) is 4.79 Å². The number of rotatable bonds is 6. The van der Waals surface area contributed by atoms with E-state index in [2.05, 4.69) is 15.4 Å². The Hall–Kier alpha value is -2.28. The first-order valence-electron chi connectivity index (χ1n) is 7.91. The molecule has 0 aliphatic carbocycles. The molecule has 0 fully saturated rings. The zero-order chi connectivity index (χ0) is 18.0. The van der Waals surface area contributed by atoms with Crippen molar-refractivity contribution in [1.82, 2.24) is 20.2 Å². The SMILES string of the molecule is CC(C)OC(Cc1ccccc1)(C(=O)O)c1nnn(C(C)(C)C)n1. The van der Waals surface area contributed by atoms with E-state index < -0.39 is 17.1 Å².